The van der Waals surface area contributed by atoms with Crippen molar-refractivity contribution >= 4 is 23.2 Å². The molecule has 1 aliphatic rings. The molecule has 0 spiro atoms. The summed E-state index contributed by atoms with van der Waals surface area (Å²) in [4.78, 5) is 24.0. The Kier molecular flexibility index (Phi) is 2.94. The maximum Gasteiger partial charge on any atom is 0.258 e. The van der Waals surface area contributed by atoms with Crippen LogP contribution in [0.2, 0.25) is 0 Å². The highest BCUT2D eigenvalue weighted by Crippen LogP contribution is 2.40. The standard InChI is InChI=1S/C14H12N2O3S/c15-13(17)8-1-2-9-10(5-8)19-4-3-7-6-11(14(16)18)20-12(7)9/h1-2,5-6H,3-4H2,(H2,15,17)(H2,16,18). The summed E-state index contributed by atoms with van der Waals surface area (Å²) in [6.07, 6.45) is 0.694. The maximum atomic E-state index is 11.3. The first kappa shape index (κ1) is 12.7. The van der Waals surface area contributed by atoms with Gasteiger partial charge in [0.2, 0.25) is 5.91 Å². The Bertz CT molecular complexity index is 721. The third-order valence-corrected chi connectivity index (χ3v) is 4.42. The zero-order valence-corrected chi connectivity index (χ0v) is 11.3. The second-order valence-corrected chi connectivity index (χ2v) is 5.56. The molecule has 1 aliphatic heterocycles. The van der Waals surface area contributed by atoms with E-state index in [2.05, 4.69) is 0 Å². The van der Waals surface area contributed by atoms with Crippen molar-refractivity contribution in [3.63, 3.8) is 0 Å². The predicted octanol–water partition coefficient (Wildman–Crippen LogP) is 1.55. The first-order valence-electron chi connectivity index (χ1n) is 6.06. The number of hydrogen-bond donors (Lipinski definition) is 2. The van der Waals surface area contributed by atoms with Gasteiger partial charge in [-0.1, -0.05) is 0 Å². The summed E-state index contributed by atoms with van der Waals surface area (Å²) in [6.45, 7) is 0.483. The van der Waals surface area contributed by atoms with Crippen molar-refractivity contribution in [1.29, 1.82) is 0 Å². The minimum absolute atomic E-state index is 0.402. The number of thiophene rings is 1. The van der Waals surface area contributed by atoms with E-state index in [4.69, 9.17) is 16.2 Å². The van der Waals surface area contributed by atoms with Gasteiger partial charge < -0.3 is 16.2 Å². The van der Waals surface area contributed by atoms with Crippen LogP contribution in [0.4, 0.5) is 0 Å². The van der Waals surface area contributed by atoms with Crippen LogP contribution >= 0.6 is 11.3 Å². The van der Waals surface area contributed by atoms with Crippen molar-refractivity contribution in [3.05, 3.63) is 40.3 Å². The van der Waals surface area contributed by atoms with E-state index in [-0.39, 0.29) is 0 Å². The molecule has 1 aromatic heterocycles. The van der Waals surface area contributed by atoms with Gasteiger partial charge in [0.1, 0.15) is 5.75 Å². The SMILES string of the molecule is NC(=O)c1ccc2c(c1)OCCc1cc(C(N)=O)sc1-2. The molecular weight excluding hydrogens is 276 g/mol. The molecule has 6 heteroatoms. The number of carbonyl (C=O) groups is 2. The molecule has 102 valence electrons. The van der Waals surface area contributed by atoms with Gasteiger partial charge in [-0.05, 0) is 29.8 Å². The van der Waals surface area contributed by atoms with E-state index < -0.39 is 11.8 Å². The van der Waals surface area contributed by atoms with Crippen molar-refractivity contribution in [1.82, 2.24) is 0 Å². The van der Waals surface area contributed by atoms with Crippen LogP contribution in [0.3, 0.4) is 0 Å². The summed E-state index contributed by atoms with van der Waals surface area (Å²) in [5, 5.41) is 0. The molecule has 0 aliphatic carbocycles. The van der Waals surface area contributed by atoms with Gasteiger partial charge in [0.15, 0.2) is 0 Å². The van der Waals surface area contributed by atoms with Gasteiger partial charge in [-0.3, -0.25) is 9.59 Å². The lowest BCUT2D eigenvalue weighted by molar-refractivity contribution is 0.0993. The summed E-state index contributed by atoms with van der Waals surface area (Å²) in [6, 6.07) is 6.89. The number of primary amides is 2. The summed E-state index contributed by atoms with van der Waals surface area (Å²) < 4.78 is 5.66. The fourth-order valence-corrected chi connectivity index (χ4v) is 3.31. The van der Waals surface area contributed by atoms with Gasteiger partial charge in [-0.25, -0.2) is 0 Å². The highest BCUT2D eigenvalue weighted by atomic mass is 32.1. The lowest BCUT2D eigenvalue weighted by Crippen LogP contribution is -2.11. The van der Waals surface area contributed by atoms with Crippen LogP contribution in [0.15, 0.2) is 24.3 Å². The average molecular weight is 288 g/mol. The smallest absolute Gasteiger partial charge is 0.258 e. The van der Waals surface area contributed by atoms with Gasteiger partial charge >= 0.3 is 0 Å². The number of ether oxygens (including phenoxy) is 1. The van der Waals surface area contributed by atoms with E-state index in [0.29, 0.717) is 29.2 Å². The summed E-state index contributed by atoms with van der Waals surface area (Å²) in [5.74, 6) is -0.318. The molecule has 0 unspecified atom stereocenters. The summed E-state index contributed by atoms with van der Waals surface area (Å²) in [5.41, 5.74) is 12.9. The van der Waals surface area contributed by atoms with Gasteiger partial charge in [-0.2, -0.15) is 0 Å². The van der Waals surface area contributed by atoms with Gasteiger partial charge in [0.25, 0.3) is 5.91 Å². The summed E-state index contributed by atoms with van der Waals surface area (Å²) in [7, 11) is 0. The minimum atomic E-state index is -0.495. The van der Waals surface area contributed by atoms with E-state index in [0.717, 1.165) is 16.0 Å². The monoisotopic (exact) mass is 288 g/mol. The third kappa shape index (κ3) is 2.04. The Labute approximate surface area is 119 Å². The van der Waals surface area contributed by atoms with Crippen LogP contribution in [0.25, 0.3) is 10.4 Å². The highest BCUT2D eigenvalue weighted by Gasteiger charge is 2.21. The van der Waals surface area contributed by atoms with E-state index in [1.54, 1.807) is 18.2 Å². The molecular formula is C14H12N2O3S. The first-order chi connectivity index (χ1) is 9.56. The average Bonchev–Trinajstić information content (AvgIpc) is 2.76. The Morgan fingerprint density at radius 1 is 1.15 bits per heavy atom. The number of hydrogen-bond acceptors (Lipinski definition) is 4. The number of rotatable bonds is 2. The quantitative estimate of drug-likeness (QED) is 0.877. The van der Waals surface area contributed by atoms with Gasteiger partial charge in [0, 0.05) is 22.4 Å². The molecule has 0 saturated carbocycles. The van der Waals surface area contributed by atoms with Crippen molar-refractivity contribution in [2.24, 2.45) is 11.5 Å². The maximum absolute atomic E-state index is 11.3. The Balaban J connectivity index is 2.16. The van der Waals surface area contributed by atoms with Gasteiger partial charge in [-0.15, -0.1) is 11.3 Å². The number of amides is 2. The lowest BCUT2D eigenvalue weighted by atomic mass is 10.1. The number of carbonyl (C=O) groups excluding carboxylic acids is 2. The molecule has 2 amide bonds. The molecule has 2 heterocycles. The van der Waals surface area contributed by atoms with Crippen molar-refractivity contribution in [3.8, 4) is 16.2 Å². The molecule has 5 nitrogen and oxygen atoms in total. The molecule has 20 heavy (non-hydrogen) atoms. The Morgan fingerprint density at radius 3 is 2.65 bits per heavy atom. The number of fused-ring (bicyclic) bond motifs is 3. The first-order valence-corrected chi connectivity index (χ1v) is 6.87. The van der Waals surface area contributed by atoms with Crippen LogP contribution < -0.4 is 16.2 Å². The van der Waals surface area contributed by atoms with E-state index in [1.807, 2.05) is 6.07 Å². The largest absolute Gasteiger partial charge is 0.493 e. The van der Waals surface area contributed by atoms with Gasteiger partial charge in [0.05, 0.1) is 11.5 Å². The van der Waals surface area contributed by atoms with Crippen LogP contribution in [0.1, 0.15) is 25.6 Å². The van der Waals surface area contributed by atoms with E-state index in [1.165, 1.54) is 11.3 Å². The molecule has 0 saturated heterocycles. The topological polar surface area (TPSA) is 95.4 Å². The van der Waals surface area contributed by atoms with E-state index in [9.17, 15) is 9.59 Å². The van der Waals surface area contributed by atoms with E-state index >= 15 is 0 Å². The zero-order chi connectivity index (χ0) is 14.3. The minimum Gasteiger partial charge on any atom is -0.493 e. The zero-order valence-electron chi connectivity index (χ0n) is 10.5. The number of benzene rings is 1. The third-order valence-electron chi connectivity index (χ3n) is 3.19. The molecule has 0 radical (unpaired) electrons. The molecule has 0 atom stereocenters. The Morgan fingerprint density at radius 2 is 1.95 bits per heavy atom. The molecule has 1 aromatic carbocycles. The van der Waals surface area contributed by atoms with Crippen LogP contribution in [0.5, 0.6) is 5.75 Å². The van der Waals surface area contributed by atoms with Crippen LogP contribution in [0, 0.1) is 0 Å². The Hall–Kier alpha value is -2.34. The highest BCUT2D eigenvalue weighted by molar-refractivity contribution is 7.17. The molecule has 4 N–H and O–H groups in total. The second kappa shape index (κ2) is 4.64. The predicted molar refractivity (Wildman–Crippen MR) is 76.0 cm³/mol. The summed E-state index contributed by atoms with van der Waals surface area (Å²) >= 11 is 1.34. The second-order valence-electron chi connectivity index (χ2n) is 4.50. The fourth-order valence-electron chi connectivity index (χ4n) is 2.22. The fraction of sp³-hybridized carbons (Fsp3) is 0.143. The molecule has 0 bridgehead atoms. The van der Waals surface area contributed by atoms with Crippen molar-refractivity contribution in [2.45, 2.75) is 6.42 Å². The molecule has 0 fully saturated rings. The molecule has 3 rings (SSSR count). The molecule has 2 aromatic rings. The normalized spacial score (nSPS) is 12.8. The lowest BCUT2D eigenvalue weighted by Gasteiger charge is -2.08. The van der Waals surface area contributed by atoms with Crippen LogP contribution in [-0.2, 0) is 6.42 Å². The number of nitrogens with two attached hydrogens (primary N) is 2. The van der Waals surface area contributed by atoms with Crippen molar-refractivity contribution < 1.29 is 14.3 Å². The van der Waals surface area contributed by atoms with Crippen LogP contribution in [-0.4, -0.2) is 18.4 Å². The van der Waals surface area contributed by atoms with Crippen molar-refractivity contribution in [2.75, 3.05) is 6.61 Å².